The maximum atomic E-state index is 12.3. The lowest BCUT2D eigenvalue weighted by atomic mass is 9.84. The maximum Gasteiger partial charge on any atom is 0.334 e. The zero-order valence-corrected chi connectivity index (χ0v) is 15.4. The van der Waals surface area contributed by atoms with Crippen molar-refractivity contribution < 1.29 is 29.0 Å². The lowest BCUT2D eigenvalue weighted by Gasteiger charge is -2.30. The fourth-order valence-electron chi connectivity index (χ4n) is 3.14. The molecule has 6 nitrogen and oxygen atoms in total. The van der Waals surface area contributed by atoms with Gasteiger partial charge in [0, 0.05) is 11.1 Å². The van der Waals surface area contributed by atoms with Crippen LogP contribution in [0.3, 0.4) is 0 Å². The summed E-state index contributed by atoms with van der Waals surface area (Å²) in [5.41, 5.74) is 1.28. The summed E-state index contributed by atoms with van der Waals surface area (Å²) in [5.74, 6) is -2.24. The lowest BCUT2D eigenvalue weighted by molar-refractivity contribution is -0.159. The van der Waals surface area contributed by atoms with Gasteiger partial charge in [-0.3, -0.25) is 9.59 Å². The van der Waals surface area contributed by atoms with Gasteiger partial charge in [-0.25, -0.2) is 4.79 Å². The van der Waals surface area contributed by atoms with E-state index in [1.54, 1.807) is 19.1 Å². The smallest absolute Gasteiger partial charge is 0.334 e. The van der Waals surface area contributed by atoms with Crippen molar-refractivity contribution in [2.45, 2.75) is 58.3 Å². The molecule has 0 aromatic heterocycles. The Balaban J connectivity index is 2.43. The van der Waals surface area contributed by atoms with Gasteiger partial charge in [-0.2, -0.15) is 0 Å². The van der Waals surface area contributed by atoms with Gasteiger partial charge in [0.2, 0.25) is 0 Å². The number of ether oxygens (including phenoxy) is 2. The summed E-state index contributed by atoms with van der Waals surface area (Å²) in [6.07, 6.45) is 2.66. The molecular weight excluding hydrogens is 336 g/mol. The van der Waals surface area contributed by atoms with E-state index < -0.39 is 36.2 Å². The van der Waals surface area contributed by atoms with Crippen molar-refractivity contribution in [1.82, 2.24) is 0 Å². The molecule has 1 aliphatic carbocycles. The van der Waals surface area contributed by atoms with Crippen LogP contribution in [-0.2, 0) is 23.9 Å². The summed E-state index contributed by atoms with van der Waals surface area (Å²) >= 11 is 0. The minimum Gasteiger partial charge on any atom is -0.454 e. The van der Waals surface area contributed by atoms with E-state index in [1.807, 2.05) is 13.8 Å². The van der Waals surface area contributed by atoms with Crippen molar-refractivity contribution in [3.05, 3.63) is 35.5 Å². The molecule has 0 aromatic carbocycles. The van der Waals surface area contributed by atoms with E-state index >= 15 is 0 Å². The van der Waals surface area contributed by atoms with E-state index in [9.17, 15) is 19.5 Å². The Kier molecular flexibility index (Phi) is 6.53. The second-order valence-electron chi connectivity index (χ2n) is 6.95. The molecular formula is C20H26O6. The van der Waals surface area contributed by atoms with Crippen LogP contribution in [0.15, 0.2) is 35.5 Å². The number of allylic oxidation sites excluding steroid dienone is 2. The minimum absolute atomic E-state index is 0.113. The van der Waals surface area contributed by atoms with E-state index in [1.165, 1.54) is 0 Å². The average molecular weight is 362 g/mol. The largest absolute Gasteiger partial charge is 0.454 e. The molecule has 0 radical (unpaired) electrons. The standard InChI is InChI=1S/C20H26O6/c1-5-12(3)19(23)26-18-14(10-21)8-6-7-11(2)9-15-16(17(18)22)13(4)20(24)25-15/h8-10,12,15-18,22H,4-7H2,1-3H3/b11-9-,14-8-/t12-,15+,16-,17-,18+/m0/s1. The Labute approximate surface area is 153 Å². The second-order valence-corrected chi connectivity index (χ2v) is 6.95. The quantitative estimate of drug-likeness (QED) is 0.357. The third-order valence-electron chi connectivity index (χ3n) is 5.03. The van der Waals surface area contributed by atoms with Crippen LogP contribution in [0, 0.1) is 11.8 Å². The highest BCUT2D eigenvalue weighted by Crippen LogP contribution is 2.35. The van der Waals surface area contributed by atoms with Crippen LogP contribution < -0.4 is 0 Å². The van der Waals surface area contributed by atoms with Gasteiger partial charge < -0.3 is 14.6 Å². The third kappa shape index (κ3) is 4.12. The fraction of sp³-hybridized carbons (Fsp3) is 0.550. The summed E-state index contributed by atoms with van der Waals surface area (Å²) < 4.78 is 10.8. The van der Waals surface area contributed by atoms with Crippen molar-refractivity contribution in [3.63, 3.8) is 0 Å². The van der Waals surface area contributed by atoms with Crippen LogP contribution in [0.5, 0.6) is 0 Å². The van der Waals surface area contributed by atoms with Crippen LogP contribution in [0.25, 0.3) is 0 Å². The number of hydrogen-bond acceptors (Lipinski definition) is 6. The Hall–Kier alpha value is -2.21. The number of fused-ring (bicyclic) bond motifs is 1. The molecule has 6 heteroatoms. The summed E-state index contributed by atoms with van der Waals surface area (Å²) in [6.45, 7) is 9.19. The number of aliphatic hydroxyl groups excluding tert-OH is 1. The van der Waals surface area contributed by atoms with E-state index in [0.717, 1.165) is 5.57 Å². The molecule has 0 spiro atoms. The zero-order chi connectivity index (χ0) is 19.4. The predicted molar refractivity (Wildman–Crippen MR) is 95.0 cm³/mol. The van der Waals surface area contributed by atoms with Crippen LogP contribution in [-0.4, -0.2) is 41.6 Å². The van der Waals surface area contributed by atoms with Gasteiger partial charge in [-0.1, -0.05) is 32.1 Å². The second kappa shape index (κ2) is 8.45. The molecule has 0 saturated carbocycles. The average Bonchev–Trinajstić information content (AvgIpc) is 2.88. The number of carbonyl (C=O) groups is 3. The molecule has 1 aliphatic heterocycles. The van der Waals surface area contributed by atoms with Gasteiger partial charge in [0.05, 0.1) is 11.8 Å². The molecule has 0 aromatic rings. The van der Waals surface area contributed by atoms with Crippen LogP contribution in [0.1, 0.15) is 40.0 Å². The first-order valence-electron chi connectivity index (χ1n) is 8.91. The van der Waals surface area contributed by atoms with E-state index in [4.69, 9.17) is 9.47 Å². The van der Waals surface area contributed by atoms with E-state index in [-0.39, 0.29) is 17.1 Å². The molecule has 1 N–H and O–H groups in total. The van der Waals surface area contributed by atoms with Gasteiger partial charge in [0.1, 0.15) is 18.5 Å². The first kappa shape index (κ1) is 20.1. The van der Waals surface area contributed by atoms with Gasteiger partial charge in [0.15, 0.2) is 6.10 Å². The van der Waals surface area contributed by atoms with Gasteiger partial charge in [-0.15, -0.1) is 0 Å². The Morgan fingerprint density at radius 2 is 2.23 bits per heavy atom. The first-order valence-corrected chi connectivity index (χ1v) is 8.91. The Morgan fingerprint density at radius 3 is 2.85 bits per heavy atom. The zero-order valence-electron chi connectivity index (χ0n) is 15.4. The molecule has 1 saturated heterocycles. The molecule has 0 bridgehead atoms. The molecule has 0 amide bonds. The monoisotopic (exact) mass is 362 g/mol. The van der Waals surface area contributed by atoms with Crippen LogP contribution >= 0.6 is 0 Å². The summed E-state index contributed by atoms with van der Waals surface area (Å²) in [5, 5.41) is 10.9. The van der Waals surface area contributed by atoms with Gasteiger partial charge in [-0.05, 0) is 32.3 Å². The number of hydrogen-bond donors (Lipinski definition) is 1. The van der Waals surface area contributed by atoms with Gasteiger partial charge >= 0.3 is 11.9 Å². The van der Waals surface area contributed by atoms with Crippen molar-refractivity contribution in [2.24, 2.45) is 11.8 Å². The van der Waals surface area contributed by atoms with Crippen LogP contribution in [0.2, 0.25) is 0 Å². The van der Waals surface area contributed by atoms with Crippen molar-refractivity contribution in [3.8, 4) is 0 Å². The minimum atomic E-state index is -1.31. The highest BCUT2D eigenvalue weighted by Gasteiger charge is 2.46. The molecule has 2 rings (SSSR count). The number of esters is 2. The topological polar surface area (TPSA) is 89.9 Å². The van der Waals surface area contributed by atoms with E-state index in [2.05, 4.69) is 6.58 Å². The van der Waals surface area contributed by atoms with Crippen molar-refractivity contribution >= 4 is 18.2 Å². The third-order valence-corrected chi connectivity index (χ3v) is 5.03. The Bertz CT molecular complexity index is 659. The molecule has 26 heavy (non-hydrogen) atoms. The Morgan fingerprint density at radius 1 is 1.54 bits per heavy atom. The first-order chi connectivity index (χ1) is 12.3. The lowest BCUT2D eigenvalue weighted by Crippen LogP contribution is -2.43. The summed E-state index contributed by atoms with van der Waals surface area (Å²) in [6, 6.07) is 0. The predicted octanol–water partition coefficient (Wildman–Crippen LogP) is 2.27. The summed E-state index contributed by atoms with van der Waals surface area (Å²) in [7, 11) is 0. The highest BCUT2D eigenvalue weighted by atomic mass is 16.6. The maximum absolute atomic E-state index is 12.3. The number of rotatable bonds is 4. The fourth-order valence-corrected chi connectivity index (χ4v) is 3.14. The number of aliphatic hydroxyl groups is 1. The van der Waals surface area contributed by atoms with Crippen molar-refractivity contribution in [1.29, 1.82) is 0 Å². The molecule has 5 atom stereocenters. The molecule has 0 unspecified atom stereocenters. The molecule has 1 fully saturated rings. The van der Waals surface area contributed by atoms with Crippen LogP contribution in [0.4, 0.5) is 0 Å². The number of carbonyl (C=O) groups excluding carboxylic acids is 3. The van der Waals surface area contributed by atoms with Crippen molar-refractivity contribution in [2.75, 3.05) is 0 Å². The molecule has 2 aliphatic rings. The normalized spacial score (nSPS) is 34.5. The molecule has 142 valence electrons. The van der Waals surface area contributed by atoms with Gasteiger partial charge in [0.25, 0.3) is 0 Å². The number of aldehydes is 1. The summed E-state index contributed by atoms with van der Waals surface area (Å²) in [4.78, 5) is 35.9. The van der Waals surface area contributed by atoms with E-state index in [0.29, 0.717) is 25.5 Å². The molecule has 1 heterocycles. The SMILES string of the molecule is C=C1C(=O)O[C@@H]2/C=C(/C)CC/C=C(/C=O)[C@@H](OC(=O)[C@@H](C)CC)[C@@H](O)[C@@H]12. The highest BCUT2D eigenvalue weighted by molar-refractivity contribution is 5.91.